The van der Waals surface area contributed by atoms with Crippen molar-refractivity contribution in [3.8, 4) is 5.75 Å². The van der Waals surface area contributed by atoms with E-state index in [4.69, 9.17) is 4.74 Å². The molecule has 2 aromatic carbocycles. The van der Waals surface area contributed by atoms with Gasteiger partial charge >= 0.3 is 11.9 Å². The maximum absolute atomic E-state index is 11.3. The van der Waals surface area contributed by atoms with E-state index in [1.807, 2.05) is 0 Å². The second-order valence-electron chi connectivity index (χ2n) is 4.07. The summed E-state index contributed by atoms with van der Waals surface area (Å²) in [5.41, 5.74) is -0.0635. The number of aromatic carboxylic acids is 2. The van der Waals surface area contributed by atoms with Gasteiger partial charge in [-0.2, -0.15) is 0 Å². The first-order chi connectivity index (χ1) is 10.0. The molecule has 2 aromatic rings. The van der Waals surface area contributed by atoms with Crippen molar-refractivity contribution in [2.75, 3.05) is 7.11 Å². The minimum atomic E-state index is -1.16. The summed E-state index contributed by atoms with van der Waals surface area (Å²) in [6.45, 7) is 0. The maximum Gasteiger partial charge on any atom is 0.336 e. The third kappa shape index (κ3) is 3.35. The monoisotopic (exact) mass is 304 g/mol. The van der Waals surface area contributed by atoms with Crippen molar-refractivity contribution >= 4 is 23.7 Å². The van der Waals surface area contributed by atoms with Crippen LogP contribution in [0.15, 0.2) is 52.3 Å². The molecular weight excluding hydrogens is 292 g/mol. The lowest BCUT2D eigenvalue weighted by Crippen LogP contribution is -2.06. The summed E-state index contributed by atoms with van der Waals surface area (Å²) in [4.78, 5) is 23.5. The molecule has 0 unspecified atom stereocenters. The molecule has 5 nitrogen and oxygen atoms in total. The van der Waals surface area contributed by atoms with Crippen LogP contribution in [0.5, 0.6) is 5.75 Å². The van der Waals surface area contributed by atoms with Crippen LogP contribution in [0.2, 0.25) is 0 Å². The molecule has 0 radical (unpaired) electrons. The third-order valence-electron chi connectivity index (χ3n) is 2.76. The zero-order chi connectivity index (χ0) is 15.4. The van der Waals surface area contributed by atoms with Crippen molar-refractivity contribution < 1.29 is 24.5 Å². The van der Waals surface area contributed by atoms with Gasteiger partial charge in [0.1, 0.15) is 5.75 Å². The molecule has 0 saturated heterocycles. The van der Waals surface area contributed by atoms with Crippen LogP contribution in [0.4, 0.5) is 0 Å². The van der Waals surface area contributed by atoms with Crippen LogP contribution in [0, 0.1) is 0 Å². The number of benzene rings is 2. The first kappa shape index (κ1) is 14.9. The molecule has 0 fully saturated rings. The second kappa shape index (κ2) is 6.32. The number of rotatable bonds is 5. The summed E-state index contributed by atoms with van der Waals surface area (Å²) >= 11 is 1.10. The molecule has 0 aliphatic carbocycles. The molecule has 108 valence electrons. The maximum atomic E-state index is 11.3. The van der Waals surface area contributed by atoms with Gasteiger partial charge in [0.15, 0.2) is 0 Å². The highest BCUT2D eigenvalue weighted by Crippen LogP contribution is 2.34. The van der Waals surface area contributed by atoms with Gasteiger partial charge in [-0.25, -0.2) is 9.59 Å². The van der Waals surface area contributed by atoms with Crippen LogP contribution < -0.4 is 4.74 Å². The number of carboxylic acids is 2. The van der Waals surface area contributed by atoms with E-state index in [9.17, 15) is 19.8 Å². The van der Waals surface area contributed by atoms with Crippen LogP contribution in [-0.4, -0.2) is 29.3 Å². The van der Waals surface area contributed by atoms with E-state index < -0.39 is 11.9 Å². The molecule has 0 amide bonds. The van der Waals surface area contributed by atoms with Gasteiger partial charge in [0.2, 0.25) is 0 Å². The van der Waals surface area contributed by atoms with E-state index in [2.05, 4.69) is 0 Å². The van der Waals surface area contributed by atoms with Crippen molar-refractivity contribution in [1.82, 2.24) is 0 Å². The van der Waals surface area contributed by atoms with E-state index in [0.717, 1.165) is 16.7 Å². The predicted octanol–water partition coefficient (Wildman–Crippen LogP) is 3.24. The normalized spacial score (nSPS) is 10.1. The lowest BCUT2D eigenvalue weighted by molar-refractivity contribution is 0.0690. The van der Waals surface area contributed by atoms with E-state index >= 15 is 0 Å². The molecule has 0 spiro atoms. The molecule has 6 heteroatoms. The quantitative estimate of drug-likeness (QED) is 0.882. The predicted molar refractivity (Wildman–Crippen MR) is 77.5 cm³/mol. The Labute approximate surface area is 125 Å². The van der Waals surface area contributed by atoms with E-state index in [1.165, 1.54) is 18.2 Å². The molecule has 0 heterocycles. The Balaban J connectivity index is 2.45. The second-order valence-corrected chi connectivity index (χ2v) is 5.15. The summed E-state index contributed by atoms with van der Waals surface area (Å²) in [6.07, 6.45) is 0. The van der Waals surface area contributed by atoms with Crippen molar-refractivity contribution in [3.05, 3.63) is 53.6 Å². The Morgan fingerprint density at radius 2 is 1.48 bits per heavy atom. The molecule has 0 aliphatic heterocycles. The number of ether oxygens (including phenoxy) is 1. The largest absolute Gasteiger partial charge is 0.497 e. The number of methoxy groups -OCH3 is 1. The van der Waals surface area contributed by atoms with Crippen LogP contribution >= 0.6 is 11.8 Å². The van der Waals surface area contributed by atoms with Gasteiger partial charge in [-0.1, -0.05) is 17.8 Å². The van der Waals surface area contributed by atoms with Gasteiger partial charge in [-0.15, -0.1) is 0 Å². The number of hydrogen-bond donors (Lipinski definition) is 2. The zero-order valence-corrected chi connectivity index (χ0v) is 11.9. The van der Waals surface area contributed by atoms with Crippen molar-refractivity contribution in [2.45, 2.75) is 9.79 Å². The average Bonchev–Trinajstić information content (AvgIpc) is 2.47. The van der Waals surface area contributed by atoms with Gasteiger partial charge in [0.05, 0.1) is 18.2 Å². The van der Waals surface area contributed by atoms with Crippen molar-refractivity contribution in [3.63, 3.8) is 0 Å². The van der Waals surface area contributed by atoms with Gasteiger partial charge in [0.25, 0.3) is 0 Å². The summed E-state index contributed by atoms with van der Waals surface area (Å²) in [5, 5.41) is 18.4. The van der Waals surface area contributed by atoms with Crippen LogP contribution in [0.3, 0.4) is 0 Å². The Hall–Kier alpha value is -2.47. The lowest BCUT2D eigenvalue weighted by Gasteiger charge is -2.09. The Bertz CT molecular complexity index is 647. The highest BCUT2D eigenvalue weighted by atomic mass is 32.2. The molecule has 0 bridgehead atoms. The van der Waals surface area contributed by atoms with Crippen LogP contribution in [-0.2, 0) is 0 Å². The van der Waals surface area contributed by atoms with Gasteiger partial charge in [-0.05, 0) is 36.4 Å². The van der Waals surface area contributed by atoms with Crippen LogP contribution in [0.1, 0.15) is 20.7 Å². The summed E-state index contributed by atoms with van der Waals surface area (Å²) in [7, 11) is 1.55. The minimum Gasteiger partial charge on any atom is -0.497 e. The fraction of sp³-hybridized carbons (Fsp3) is 0.0667. The van der Waals surface area contributed by atoms with Gasteiger partial charge in [-0.3, -0.25) is 0 Å². The molecule has 2 N–H and O–H groups in total. The molecule has 0 aromatic heterocycles. The third-order valence-corrected chi connectivity index (χ3v) is 3.91. The Kier molecular flexibility index (Phi) is 4.49. The van der Waals surface area contributed by atoms with E-state index in [0.29, 0.717) is 5.75 Å². The minimum absolute atomic E-state index is 0.0317. The Morgan fingerprint density at radius 3 is 1.90 bits per heavy atom. The summed E-state index contributed by atoms with van der Waals surface area (Å²) < 4.78 is 5.05. The van der Waals surface area contributed by atoms with Gasteiger partial charge in [0, 0.05) is 9.79 Å². The number of carboxylic acid groups (broad SMARTS) is 2. The molecule has 0 saturated carbocycles. The summed E-state index contributed by atoms with van der Waals surface area (Å²) in [5.74, 6) is -1.65. The number of hydrogen-bond acceptors (Lipinski definition) is 4. The number of carbonyl (C=O) groups is 2. The molecular formula is C15H12O5S. The zero-order valence-electron chi connectivity index (χ0n) is 11.1. The highest BCUT2D eigenvalue weighted by Gasteiger charge is 2.19. The molecule has 0 atom stereocenters. The molecule has 2 rings (SSSR count). The average molecular weight is 304 g/mol. The fourth-order valence-electron chi connectivity index (χ4n) is 1.75. The lowest BCUT2D eigenvalue weighted by atomic mass is 10.1. The summed E-state index contributed by atoms with van der Waals surface area (Å²) in [6, 6.07) is 11.1. The first-order valence-electron chi connectivity index (χ1n) is 5.94. The fourth-order valence-corrected chi connectivity index (χ4v) is 2.78. The molecule has 0 aliphatic rings. The van der Waals surface area contributed by atoms with Gasteiger partial charge < -0.3 is 14.9 Å². The smallest absolute Gasteiger partial charge is 0.336 e. The topological polar surface area (TPSA) is 83.8 Å². The standard InChI is InChI=1S/C15H12O5S/c1-20-9-5-7-10(8-6-9)21-13-11(14(16)17)3-2-4-12(13)15(18)19/h2-8H,1H3,(H,16,17)(H,18,19). The van der Waals surface area contributed by atoms with Crippen LogP contribution in [0.25, 0.3) is 0 Å². The first-order valence-corrected chi connectivity index (χ1v) is 6.76. The van der Waals surface area contributed by atoms with Crippen molar-refractivity contribution in [1.29, 1.82) is 0 Å². The highest BCUT2D eigenvalue weighted by molar-refractivity contribution is 7.99. The Morgan fingerprint density at radius 1 is 0.952 bits per heavy atom. The van der Waals surface area contributed by atoms with Crippen molar-refractivity contribution in [2.24, 2.45) is 0 Å². The SMILES string of the molecule is COc1ccc(Sc2c(C(=O)O)cccc2C(=O)O)cc1. The van der Waals surface area contributed by atoms with E-state index in [1.54, 1.807) is 31.4 Å². The van der Waals surface area contributed by atoms with E-state index in [-0.39, 0.29) is 16.0 Å². The molecule has 21 heavy (non-hydrogen) atoms.